The smallest absolute Gasteiger partial charge is 0.248 e. The van der Waals surface area contributed by atoms with Crippen LogP contribution < -0.4 is 10.2 Å². The number of halogens is 1. The molecule has 188 valence electrons. The van der Waals surface area contributed by atoms with Crippen LogP contribution in [-0.2, 0) is 19.6 Å². The molecule has 1 heterocycles. The fourth-order valence-electron chi connectivity index (χ4n) is 4.67. The lowest BCUT2D eigenvalue weighted by Crippen LogP contribution is -2.48. The van der Waals surface area contributed by atoms with Crippen LogP contribution in [0.2, 0.25) is 0 Å². The van der Waals surface area contributed by atoms with E-state index in [9.17, 15) is 22.4 Å². The molecule has 35 heavy (non-hydrogen) atoms. The predicted molar refractivity (Wildman–Crippen MR) is 133 cm³/mol. The molecule has 4 rings (SSSR count). The maximum Gasteiger partial charge on any atom is 0.248 e. The highest BCUT2D eigenvalue weighted by atomic mass is 32.2. The molecule has 0 bridgehead atoms. The second-order valence-corrected chi connectivity index (χ2v) is 11.4. The van der Waals surface area contributed by atoms with E-state index >= 15 is 0 Å². The summed E-state index contributed by atoms with van der Waals surface area (Å²) >= 11 is 0. The summed E-state index contributed by atoms with van der Waals surface area (Å²) in [7, 11) is -3.54. The Bertz CT molecular complexity index is 1180. The molecule has 2 aliphatic rings. The van der Waals surface area contributed by atoms with Gasteiger partial charge in [-0.2, -0.15) is 4.31 Å². The Morgan fingerprint density at radius 2 is 1.80 bits per heavy atom. The minimum absolute atomic E-state index is 0.00951. The zero-order valence-corrected chi connectivity index (χ0v) is 20.8. The van der Waals surface area contributed by atoms with Gasteiger partial charge in [-0.05, 0) is 49.1 Å². The zero-order valence-electron chi connectivity index (χ0n) is 20.0. The van der Waals surface area contributed by atoms with Gasteiger partial charge in [0.2, 0.25) is 21.8 Å². The summed E-state index contributed by atoms with van der Waals surface area (Å²) in [6, 6.07) is 11.7. The van der Waals surface area contributed by atoms with Crippen LogP contribution in [0.25, 0.3) is 0 Å². The maximum atomic E-state index is 14.3. The van der Waals surface area contributed by atoms with Gasteiger partial charge in [-0.3, -0.25) is 14.5 Å². The number of rotatable bonds is 9. The third kappa shape index (κ3) is 6.27. The van der Waals surface area contributed by atoms with Crippen molar-refractivity contribution in [3.8, 4) is 0 Å². The largest absolute Gasteiger partial charge is 0.351 e. The number of aryl methyl sites for hydroxylation is 1. The van der Waals surface area contributed by atoms with Crippen LogP contribution in [0.4, 0.5) is 10.1 Å². The number of hydrogen-bond acceptors (Lipinski definition) is 4. The molecule has 2 aromatic carbocycles. The minimum Gasteiger partial charge on any atom is -0.351 e. The molecule has 9 heteroatoms. The topological polar surface area (TPSA) is 86.6 Å². The molecule has 1 atom stereocenters. The summed E-state index contributed by atoms with van der Waals surface area (Å²) in [4.78, 5) is 28.6. The van der Waals surface area contributed by atoms with Gasteiger partial charge in [-0.25, -0.2) is 12.8 Å². The molecule has 0 unspecified atom stereocenters. The van der Waals surface area contributed by atoms with Gasteiger partial charge in [0.05, 0.1) is 5.75 Å². The van der Waals surface area contributed by atoms with Gasteiger partial charge in [-0.15, -0.1) is 0 Å². The fraction of sp³-hybridized carbons (Fsp3) is 0.462. The van der Waals surface area contributed by atoms with E-state index in [-0.39, 0.29) is 29.8 Å². The van der Waals surface area contributed by atoms with E-state index in [2.05, 4.69) is 5.32 Å². The maximum absolute atomic E-state index is 14.3. The number of nitrogens with one attached hydrogen (secondary N) is 1. The van der Waals surface area contributed by atoms with Gasteiger partial charge in [0.15, 0.2) is 0 Å². The van der Waals surface area contributed by atoms with Crippen LogP contribution in [0.5, 0.6) is 0 Å². The van der Waals surface area contributed by atoms with Gasteiger partial charge >= 0.3 is 0 Å². The fourth-order valence-corrected chi connectivity index (χ4v) is 5.99. The first-order valence-electron chi connectivity index (χ1n) is 12.2. The van der Waals surface area contributed by atoms with E-state index < -0.39 is 27.8 Å². The standard InChI is InChI=1S/C26H32FN3O4S/c1-19-8-5-6-13-23(19)25(26(32)28-21-10-3-2-4-11-21)30(22-12-7-9-20(27)18-22)24(31)14-17-35(33,34)29-15-16-29/h5-9,12-13,18,21,25H,2-4,10-11,14-17H2,1H3,(H,28,32)/t25-/m0/s1. The highest BCUT2D eigenvalue weighted by molar-refractivity contribution is 7.89. The predicted octanol–water partition coefficient (Wildman–Crippen LogP) is 3.69. The summed E-state index contributed by atoms with van der Waals surface area (Å²) in [5, 5.41) is 3.11. The van der Waals surface area contributed by atoms with Gasteiger partial charge in [0.1, 0.15) is 11.9 Å². The summed E-state index contributed by atoms with van der Waals surface area (Å²) in [5.74, 6) is -1.80. The second-order valence-electron chi connectivity index (χ2n) is 9.31. The first-order chi connectivity index (χ1) is 16.8. The molecule has 1 aliphatic heterocycles. The van der Waals surface area contributed by atoms with E-state index in [1.807, 2.05) is 19.1 Å². The molecule has 1 saturated carbocycles. The summed E-state index contributed by atoms with van der Waals surface area (Å²) in [5.41, 5.74) is 1.64. The molecule has 0 spiro atoms. The lowest BCUT2D eigenvalue weighted by molar-refractivity contribution is -0.127. The first kappa shape index (κ1) is 25.3. The van der Waals surface area contributed by atoms with Gasteiger partial charge in [0, 0.05) is 31.2 Å². The SMILES string of the molecule is Cc1ccccc1[C@@H](C(=O)NC1CCCCC1)N(C(=O)CCS(=O)(=O)N1CC1)c1cccc(F)c1. The number of sulfonamides is 1. The Balaban J connectivity index is 1.71. The number of amides is 2. The summed E-state index contributed by atoms with van der Waals surface area (Å²) in [6.07, 6.45) is 4.62. The van der Waals surface area contributed by atoms with Crippen LogP contribution in [0, 0.1) is 12.7 Å². The number of anilines is 1. The van der Waals surface area contributed by atoms with Gasteiger partial charge in [0.25, 0.3) is 0 Å². The highest BCUT2D eigenvalue weighted by Crippen LogP contribution is 2.32. The number of carbonyl (C=O) groups is 2. The van der Waals surface area contributed by atoms with Crippen LogP contribution in [0.3, 0.4) is 0 Å². The van der Waals surface area contributed by atoms with Crippen molar-refractivity contribution >= 4 is 27.5 Å². The van der Waals surface area contributed by atoms with E-state index in [1.165, 1.54) is 27.4 Å². The molecule has 2 amide bonds. The van der Waals surface area contributed by atoms with E-state index in [4.69, 9.17) is 0 Å². The number of benzene rings is 2. The molecular weight excluding hydrogens is 469 g/mol. The molecule has 1 aliphatic carbocycles. The van der Waals surface area contributed by atoms with Crippen molar-refractivity contribution in [2.45, 2.75) is 57.5 Å². The van der Waals surface area contributed by atoms with E-state index in [0.717, 1.165) is 37.7 Å². The molecule has 1 saturated heterocycles. The van der Waals surface area contributed by atoms with Gasteiger partial charge in [-0.1, -0.05) is 49.6 Å². The Morgan fingerprint density at radius 3 is 2.46 bits per heavy atom. The molecule has 0 aromatic heterocycles. The number of nitrogens with zero attached hydrogens (tertiary/aromatic N) is 2. The molecule has 7 nitrogen and oxygen atoms in total. The molecular formula is C26H32FN3O4S. The van der Waals surface area contributed by atoms with Crippen LogP contribution in [-0.4, -0.2) is 49.4 Å². The van der Waals surface area contributed by atoms with Crippen molar-refractivity contribution in [1.29, 1.82) is 0 Å². The Labute approximate surface area is 206 Å². The molecule has 2 fully saturated rings. The average Bonchev–Trinajstić information content (AvgIpc) is 3.69. The van der Waals surface area contributed by atoms with Crippen molar-refractivity contribution in [3.63, 3.8) is 0 Å². The summed E-state index contributed by atoms with van der Waals surface area (Å²) in [6.45, 7) is 2.77. The monoisotopic (exact) mass is 501 g/mol. The Hall–Kier alpha value is -2.78. The Kier molecular flexibility index (Phi) is 7.86. The second kappa shape index (κ2) is 10.9. The quantitative estimate of drug-likeness (QED) is 0.531. The van der Waals surface area contributed by atoms with Crippen molar-refractivity contribution in [2.24, 2.45) is 0 Å². The lowest BCUT2D eigenvalue weighted by atomic mass is 9.93. The van der Waals surface area contributed by atoms with Crippen molar-refractivity contribution in [1.82, 2.24) is 9.62 Å². The molecule has 2 aromatic rings. The van der Waals surface area contributed by atoms with E-state index in [1.54, 1.807) is 18.2 Å². The zero-order chi connectivity index (χ0) is 25.0. The van der Waals surface area contributed by atoms with E-state index in [0.29, 0.717) is 18.7 Å². The molecule has 1 N–H and O–H groups in total. The summed E-state index contributed by atoms with van der Waals surface area (Å²) < 4.78 is 40.4. The Morgan fingerprint density at radius 1 is 1.09 bits per heavy atom. The normalized spacial score (nSPS) is 17.5. The average molecular weight is 502 g/mol. The van der Waals surface area contributed by atoms with Crippen molar-refractivity contribution in [2.75, 3.05) is 23.7 Å². The first-order valence-corrected chi connectivity index (χ1v) is 13.8. The van der Waals surface area contributed by atoms with Crippen LogP contribution in [0.15, 0.2) is 48.5 Å². The van der Waals surface area contributed by atoms with Crippen molar-refractivity contribution < 1.29 is 22.4 Å². The number of hydrogen-bond donors (Lipinski definition) is 1. The van der Waals surface area contributed by atoms with Crippen molar-refractivity contribution in [3.05, 3.63) is 65.5 Å². The third-order valence-electron chi connectivity index (χ3n) is 6.67. The van der Waals surface area contributed by atoms with Crippen LogP contribution >= 0.6 is 0 Å². The highest BCUT2D eigenvalue weighted by Gasteiger charge is 2.37. The molecule has 0 radical (unpaired) electrons. The number of carbonyl (C=O) groups excluding carboxylic acids is 2. The minimum atomic E-state index is -3.54. The van der Waals surface area contributed by atoms with Gasteiger partial charge < -0.3 is 5.32 Å². The third-order valence-corrected chi connectivity index (χ3v) is 8.54. The van der Waals surface area contributed by atoms with Crippen LogP contribution in [0.1, 0.15) is 55.7 Å². The lowest BCUT2D eigenvalue weighted by Gasteiger charge is -2.34.